The van der Waals surface area contributed by atoms with Crippen LogP contribution in [0.3, 0.4) is 0 Å². The van der Waals surface area contributed by atoms with E-state index in [1.165, 1.54) is 34.9 Å². The van der Waals surface area contributed by atoms with Crippen LogP contribution in [0.25, 0.3) is 0 Å². The fourth-order valence-electron chi connectivity index (χ4n) is 3.82. The average molecular weight is 410 g/mol. The molecule has 1 aliphatic rings. The molecule has 0 unspecified atom stereocenters. The topological polar surface area (TPSA) is 48.3 Å². The summed E-state index contributed by atoms with van der Waals surface area (Å²) >= 11 is 0. The maximum Gasteiger partial charge on any atom is 0.227 e. The summed E-state index contributed by atoms with van der Waals surface area (Å²) in [4.78, 5) is 15.4. The minimum Gasteiger partial charge on any atom is -0.482 e. The minimum atomic E-state index is -0.299. The first-order valence-corrected chi connectivity index (χ1v) is 10.4. The van der Waals surface area contributed by atoms with Gasteiger partial charge in [0.15, 0.2) is 5.76 Å². The second-order valence-electron chi connectivity index (χ2n) is 7.83. The van der Waals surface area contributed by atoms with Crippen molar-refractivity contribution >= 4 is 0 Å². The smallest absolute Gasteiger partial charge is 0.227 e. The Morgan fingerprint density at radius 2 is 1.53 bits per heavy atom. The summed E-state index contributed by atoms with van der Waals surface area (Å²) in [5.74, 6) is 0.554. The van der Waals surface area contributed by atoms with E-state index in [0.29, 0.717) is 12.3 Å². The van der Waals surface area contributed by atoms with Crippen LogP contribution in [0.5, 0.6) is 5.75 Å². The van der Waals surface area contributed by atoms with Crippen molar-refractivity contribution in [3.8, 4) is 5.75 Å². The fraction of sp³-hybridized carbons (Fsp3) is 0.292. The second kappa shape index (κ2) is 9.69. The van der Waals surface area contributed by atoms with Gasteiger partial charge in [-0.1, -0.05) is 42.5 Å². The molecule has 1 aliphatic heterocycles. The Balaban J connectivity index is 1.26. The molecule has 1 saturated heterocycles. The summed E-state index contributed by atoms with van der Waals surface area (Å²) in [6, 6.07) is 18.1. The van der Waals surface area contributed by atoms with Crippen LogP contribution in [-0.2, 0) is 19.7 Å². The number of ether oxygens (including phenoxy) is 1. The van der Waals surface area contributed by atoms with Gasteiger partial charge in [-0.25, -0.2) is 4.39 Å². The van der Waals surface area contributed by atoms with Crippen molar-refractivity contribution in [2.45, 2.75) is 19.7 Å². The summed E-state index contributed by atoms with van der Waals surface area (Å²) in [6.45, 7) is 6.27. The third-order valence-corrected chi connectivity index (χ3v) is 5.55. The summed E-state index contributed by atoms with van der Waals surface area (Å²) < 4.78 is 24.2. The molecule has 2 aromatic carbocycles. The Kier molecular flexibility index (Phi) is 6.57. The first kappa shape index (κ1) is 20.3. The first-order chi connectivity index (χ1) is 14.7. The van der Waals surface area contributed by atoms with E-state index in [4.69, 9.17) is 9.15 Å². The molecule has 0 radical (unpaired) electrons. The monoisotopic (exact) mass is 410 g/mol. The third-order valence-electron chi connectivity index (χ3n) is 5.55. The molecule has 0 bridgehead atoms. The van der Waals surface area contributed by atoms with E-state index >= 15 is 0 Å². The van der Waals surface area contributed by atoms with Gasteiger partial charge in [-0.15, -0.1) is 0 Å². The van der Waals surface area contributed by atoms with E-state index in [9.17, 15) is 9.18 Å². The van der Waals surface area contributed by atoms with Crippen molar-refractivity contribution in [2.75, 3.05) is 26.2 Å². The molecule has 30 heavy (non-hydrogen) atoms. The predicted molar refractivity (Wildman–Crippen MR) is 111 cm³/mol. The van der Waals surface area contributed by atoms with Crippen LogP contribution < -0.4 is 20.0 Å². The normalized spacial score (nSPS) is 18.8. The lowest BCUT2D eigenvalue weighted by atomic mass is 10.2. The molecule has 4 rings (SSSR count). The van der Waals surface area contributed by atoms with Crippen LogP contribution in [-0.4, -0.2) is 26.2 Å². The molecule has 3 aromatic rings. The summed E-state index contributed by atoms with van der Waals surface area (Å²) in [5, 5.41) is 0. The molecule has 5 nitrogen and oxygen atoms in total. The molecule has 0 spiro atoms. The maximum atomic E-state index is 13.0. The van der Waals surface area contributed by atoms with Gasteiger partial charge in [0.2, 0.25) is 11.2 Å². The number of hydrogen-bond donors (Lipinski definition) is 2. The lowest BCUT2D eigenvalue weighted by molar-refractivity contribution is -1.02. The molecule has 2 N–H and O–H groups in total. The lowest BCUT2D eigenvalue weighted by Gasteiger charge is -2.29. The number of quaternary nitrogens is 2. The highest BCUT2D eigenvalue weighted by Crippen LogP contribution is 2.09. The van der Waals surface area contributed by atoms with Gasteiger partial charge in [0.05, 0.1) is 0 Å². The number of benzene rings is 2. The van der Waals surface area contributed by atoms with E-state index in [0.717, 1.165) is 38.3 Å². The van der Waals surface area contributed by atoms with Crippen molar-refractivity contribution in [1.82, 2.24) is 0 Å². The Hall–Kier alpha value is -2.96. The predicted octanol–water partition coefficient (Wildman–Crippen LogP) is 0.842. The van der Waals surface area contributed by atoms with E-state index in [1.807, 2.05) is 6.07 Å². The summed E-state index contributed by atoms with van der Waals surface area (Å²) in [6.07, 6.45) is 1.39. The van der Waals surface area contributed by atoms with Gasteiger partial charge >= 0.3 is 0 Å². The van der Waals surface area contributed by atoms with E-state index < -0.39 is 0 Å². The number of rotatable bonds is 7. The molecule has 1 fully saturated rings. The number of halogens is 1. The average Bonchev–Trinajstić information content (AvgIpc) is 2.76. The molecule has 156 valence electrons. The Morgan fingerprint density at radius 3 is 2.20 bits per heavy atom. The van der Waals surface area contributed by atoms with Gasteiger partial charge in [0.1, 0.15) is 58.0 Å². The molecule has 0 saturated carbocycles. The van der Waals surface area contributed by atoms with E-state index in [1.54, 1.807) is 17.0 Å². The van der Waals surface area contributed by atoms with Gasteiger partial charge in [-0.3, -0.25) is 4.79 Å². The zero-order valence-corrected chi connectivity index (χ0v) is 16.9. The molecule has 0 amide bonds. The molecule has 0 atom stereocenters. The van der Waals surface area contributed by atoms with Gasteiger partial charge in [-0.05, 0) is 17.7 Å². The van der Waals surface area contributed by atoms with Crippen molar-refractivity contribution in [2.24, 2.45) is 0 Å². The van der Waals surface area contributed by atoms with Gasteiger partial charge in [0.25, 0.3) is 0 Å². The highest BCUT2D eigenvalue weighted by molar-refractivity contribution is 5.20. The van der Waals surface area contributed by atoms with Crippen molar-refractivity contribution in [1.29, 1.82) is 0 Å². The largest absolute Gasteiger partial charge is 0.482 e. The van der Waals surface area contributed by atoms with Crippen molar-refractivity contribution in [3.63, 3.8) is 0 Å². The second-order valence-corrected chi connectivity index (χ2v) is 7.83. The Morgan fingerprint density at radius 1 is 0.867 bits per heavy atom. The first-order valence-electron chi connectivity index (χ1n) is 10.4. The van der Waals surface area contributed by atoms with Crippen LogP contribution >= 0.6 is 0 Å². The highest BCUT2D eigenvalue weighted by Gasteiger charge is 2.24. The lowest BCUT2D eigenvalue weighted by Crippen LogP contribution is -3.27. The van der Waals surface area contributed by atoms with Crippen LogP contribution in [0.15, 0.2) is 76.1 Å². The molecule has 1 aromatic heterocycles. The van der Waals surface area contributed by atoms with Crippen LogP contribution in [0.4, 0.5) is 4.39 Å². The fourth-order valence-corrected chi connectivity index (χ4v) is 3.82. The standard InChI is InChI=1S/C24H25FN2O3/c25-21-8-6-20(7-9-21)17-30-24-18-29-22(14-23(24)28)16-27-12-10-26(11-13-27)15-19-4-2-1-3-5-19/h1-9,14,18H,10-13,15-17H2/p+2. The number of nitrogens with one attached hydrogen (secondary N) is 2. The van der Waals surface area contributed by atoms with E-state index in [2.05, 4.69) is 24.3 Å². The number of hydrogen-bond acceptors (Lipinski definition) is 3. The summed E-state index contributed by atoms with van der Waals surface area (Å²) in [7, 11) is 0. The van der Waals surface area contributed by atoms with Crippen LogP contribution in [0, 0.1) is 5.82 Å². The summed E-state index contributed by atoms with van der Waals surface area (Å²) in [5.41, 5.74) is 1.98. The molecular formula is C24H27FN2O3+2. The third kappa shape index (κ3) is 5.55. The van der Waals surface area contributed by atoms with Gasteiger partial charge in [0, 0.05) is 11.6 Å². The SMILES string of the molecule is O=c1cc(C[NH+]2CC[NH+](Cc3ccccc3)CC2)occ1OCc1ccc(F)cc1. The maximum absolute atomic E-state index is 13.0. The highest BCUT2D eigenvalue weighted by atomic mass is 19.1. The quantitative estimate of drug-likeness (QED) is 0.607. The zero-order valence-electron chi connectivity index (χ0n) is 16.9. The Bertz CT molecular complexity index is 997. The van der Waals surface area contributed by atoms with Crippen LogP contribution in [0.1, 0.15) is 16.9 Å². The van der Waals surface area contributed by atoms with Crippen LogP contribution in [0.2, 0.25) is 0 Å². The number of piperazine rings is 1. The molecule has 0 aliphatic carbocycles. The van der Waals surface area contributed by atoms with Crippen molar-refractivity contribution < 1.29 is 23.3 Å². The molecular weight excluding hydrogens is 383 g/mol. The molecule has 2 heterocycles. The minimum absolute atomic E-state index is 0.176. The van der Waals surface area contributed by atoms with E-state index in [-0.39, 0.29) is 23.6 Å². The van der Waals surface area contributed by atoms with Gasteiger partial charge < -0.3 is 19.0 Å². The molecule has 6 heteroatoms. The van der Waals surface area contributed by atoms with Gasteiger partial charge in [-0.2, -0.15) is 0 Å². The van der Waals surface area contributed by atoms with Crippen molar-refractivity contribution in [3.05, 3.63) is 99.9 Å². The zero-order chi connectivity index (χ0) is 20.8. The Labute approximate surface area is 175 Å².